The summed E-state index contributed by atoms with van der Waals surface area (Å²) in [6.45, 7) is 4.03. The number of carbonyl (C=O) groups is 3. The van der Waals surface area contributed by atoms with Gasteiger partial charge in [0.1, 0.15) is 11.5 Å². The largest absolute Gasteiger partial charge is 0.494 e. The number of carbonyl (C=O) groups excluding carboxylic acids is 3. The fourth-order valence-electron chi connectivity index (χ4n) is 2.12. The van der Waals surface area contributed by atoms with Gasteiger partial charge in [-0.15, -0.1) is 11.3 Å². The molecule has 27 heavy (non-hydrogen) atoms. The van der Waals surface area contributed by atoms with E-state index < -0.39 is 17.9 Å². The standard InChI is InChI=1S/C19H22N2O5S/c1-3-25-14-6-8-15(9-7-14)26-13(2)19(24)21-20-18(23)11-10-16(22)17-5-4-12-27-17/h4-9,12-13H,3,10-11H2,1-2H3,(H,20,23)(H,21,24)/t13-/m0/s1. The summed E-state index contributed by atoms with van der Waals surface area (Å²) >= 11 is 1.33. The number of hydrogen-bond donors (Lipinski definition) is 2. The zero-order valence-corrected chi connectivity index (χ0v) is 16.0. The first-order valence-corrected chi connectivity index (χ1v) is 9.42. The Labute approximate surface area is 161 Å². The van der Waals surface area contributed by atoms with Crippen LogP contribution in [0.1, 0.15) is 36.4 Å². The van der Waals surface area contributed by atoms with Crippen molar-refractivity contribution in [1.82, 2.24) is 10.9 Å². The first-order valence-electron chi connectivity index (χ1n) is 8.54. The molecule has 1 aromatic heterocycles. The summed E-state index contributed by atoms with van der Waals surface area (Å²) in [5.74, 6) is 0.183. The molecule has 1 heterocycles. The topological polar surface area (TPSA) is 93.7 Å². The van der Waals surface area contributed by atoms with Crippen molar-refractivity contribution in [2.24, 2.45) is 0 Å². The minimum absolute atomic E-state index is 0.00879. The summed E-state index contributed by atoms with van der Waals surface area (Å²) in [7, 11) is 0. The summed E-state index contributed by atoms with van der Waals surface area (Å²) in [6.07, 6.45) is -0.734. The lowest BCUT2D eigenvalue weighted by Crippen LogP contribution is -2.47. The number of amides is 2. The Morgan fingerprint density at radius 1 is 1.04 bits per heavy atom. The average molecular weight is 390 g/mol. The zero-order valence-electron chi connectivity index (χ0n) is 15.2. The Morgan fingerprint density at radius 3 is 2.37 bits per heavy atom. The van der Waals surface area contributed by atoms with Gasteiger partial charge in [0.2, 0.25) is 5.91 Å². The van der Waals surface area contributed by atoms with Crippen molar-refractivity contribution in [3.05, 3.63) is 46.7 Å². The number of Topliss-reactive ketones (excluding diaryl/α,β-unsaturated/α-hetero) is 1. The van der Waals surface area contributed by atoms with E-state index in [2.05, 4.69) is 10.9 Å². The van der Waals surface area contributed by atoms with Crippen molar-refractivity contribution in [2.75, 3.05) is 6.61 Å². The first-order chi connectivity index (χ1) is 13.0. The highest BCUT2D eigenvalue weighted by Crippen LogP contribution is 2.18. The smallest absolute Gasteiger partial charge is 0.279 e. The van der Waals surface area contributed by atoms with Crippen LogP contribution in [-0.4, -0.2) is 30.3 Å². The third-order valence-electron chi connectivity index (χ3n) is 3.52. The summed E-state index contributed by atoms with van der Waals surface area (Å²) in [5.41, 5.74) is 4.58. The Kier molecular flexibility index (Phi) is 7.81. The molecule has 7 nitrogen and oxygen atoms in total. The van der Waals surface area contributed by atoms with Gasteiger partial charge in [-0.3, -0.25) is 25.2 Å². The third kappa shape index (κ3) is 6.74. The molecule has 0 aliphatic heterocycles. The van der Waals surface area contributed by atoms with Gasteiger partial charge in [-0.05, 0) is 49.6 Å². The van der Waals surface area contributed by atoms with Crippen molar-refractivity contribution < 1.29 is 23.9 Å². The second kappa shape index (κ2) is 10.3. The van der Waals surface area contributed by atoms with Crippen LogP contribution >= 0.6 is 11.3 Å². The zero-order chi connectivity index (χ0) is 19.6. The number of rotatable bonds is 9. The molecule has 2 N–H and O–H groups in total. The maximum Gasteiger partial charge on any atom is 0.279 e. The van der Waals surface area contributed by atoms with Crippen LogP contribution < -0.4 is 20.3 Å². The van der Waals surface area contributed by atoms with Crippen molar-refractivity contribution in [3.63, 3.8) is 0 Å². The summed E-state index contributed by atoms with van der Waals surface area (Å²) in [4.78, 5) is 36.2. The van der Waals surface area contributed by atoms with E-state index in [9.17, 15) is 14.4 Å². The molecule has 0 radical (unpaired) electrons. The second-order valence-electron chi connectivity index (χ2n) is 5.60. The number of ketones is 1. The molecular weight excluding hydrogens is 368 g/mol. The van der Waals surface area contributed by atoms with Gasteiger partial charge in [-0.2, -0.15) is 0 Å². The van der Waals surface area contributed by atoms with Crippen LogP contribution in [0.15, 0.2) is 41.8 Å². The quantitative estimate of drug-likeness (QED) is 0.507. The van der Waals surface area contributed by atoms with E-state index in [4.69, 9.17) is 9.47 Å². The average Bonchev–Trinajstić information content (AvgIpc) is 3.20. The van der Waals surface area contributed by atoms with Gasteiger partial charge in [-0.1, -0.05) is 6.07 Å². The third-order valence-corrected chi connectivity index (χ3v) is 4.43. The molecule has 1 atom stereocenters. The number of hydrogen-bond acceptors (Lipinski definition) is 6. The van der Waals surface area contributed by atoms with E-state index in [1.165, 1.54) is 11.3 Å². The van der Waals surface area contributed by atoms with Gasteiger partial charge < -0.3 is 9.47 Å². The van der Waals surface area contributed by atoms with E-state index in [1.807, 2.05) is 6.92 Å². The highest BCUT2D eigenvalue weighted by atomic mass is 32.1. The lowest BCUT2D eigenvalue weighted by molar-refractivity contribution is -0.132. The number of thiophene rings is 1. The minimum Gasteiger partial charge on any atom is -0.494 e. The number of nitrogens with one attached hydrogen (secondary N) is 2. The molecule has 1 aromatic carbocycles. The molecule has 2 aromatic rings. The van der Waals surface area contributed by atoms with Gasteiger partial charge in [0.25, 0.3) is 5.91 Å². The van der Waals surface area contributed by atoms with Crippen molar-refractivity contribution in [1.29, 1.82) is 0 Å². The van der Waals surface area contributed by atoms with Crippen LogP contribution in [0, 0.1) is 0 Å². The predicted molar refractivity (Wildman–Crippen MR) is 102 cm³/mol. The summed E-state index contributed by atoms with van der Waals surface area (Å²) < 4.78 is 10.9. The van der Waals surface area contributed by atoms with Crippen LogP contribution in [-0.2, 0) is 9.59 Å². The predicted octanol–water partition coefficient (Wildman–Crippen LogP) is 2.72. The normalized spacial score (nSPS) is 11.3. The Hall–Kier alpha value is -2.87. The highest BCUT2D eigenvalue weighted by Gasteiger charge is 2.16. The number of benzene rings is 1. The van der Waals surface area contributed by atoms with Crippen molar-refractivity contribution >= 4 is 28.9 Å². The molecule has 2 rings (SSSR count). The monoisotopic (exact) mass is 390 g/mol. The summed E-state index contributed by atoms with van der Waals surface area (Å²) in [6, 6.07) is 10.4. The van der Waals surface area contributed by atoms with E-state index in [1.54, 1.807) is 48.7 Å². The maximum absolute atomic E-state index is 12.0. The van der Waals surface area contributed by atoms with Gasteiger partial charge in [0.05, 0.1) is 11.5 Å². The molecule has 0 aliphatic rings. The first kappa shape index (κ1) is 20.4. The van der Waals surface area contributed by atoms with E-state index in [-0.39, 0.29) is 18.6 Å². The number of ether oxygens (including phenoxy) is 2. The number of hydrazine groups is 1. The van der Waals surface area contributed by atoms with Gasteiger partial charge in [0, 0.05) is 12.8 Å². The molecule has 0 spiro atoms. The van der Waals surface area contributed by atoms with Crippen LogP contribution in [0.3, 0.4) is 0 Å². The Morgan fingerprint density at radius 2 is 1.74 bits per heavy atom. The molecule has 0 aliphatic carbocycles. The lowest BCUT2D eigenvalue weighted by Gasteiger charge is -2.15. The van der Waals surface area contributed by atoms with E-state index in [0.29, 0.717) is 23.0 Å². The van der Waals surface area contributed by atoms with Crippen LogP contribution in [0.5, 0.6) is 11.5 Å². The van der Waals surface area contributed by atoms with Crippen LogP contribution in [0.2, 0.25) is 0 Å². The van der Waals surface area contributed by atoms with Gasteiger partial charge >= 0.3 is 0 Å². The minimum atomic E-state index is -0.809. The van der Waals surface area contributed by atoms with Crippen molar-refractivity contribution in [2.45, 2.75) is 32.8 Å². The van der Waals surface area contributed by atoms with Crippen molar-refractivity contribution in [3.8, 4) is 11.5 Å². The lowest BCUT2D eigenvalue weighted by atomic mass is 10.2. The molecule has 0 saturated heterocycles. The molecule has 0 unspecified atom stereocenters. The molecule has 8 heteroatoms. The molecular formula is C19H22N2O5S. The fraction of sp³-hybridized carbons (Fsp3) is 0.316. The molecule has 0 fully saturated rings. The van der Waals surface area contributed by atoms with Crippen LogP contribution in [0.25, 0.3) is 0 Å². The van der Waals surface area contributed by atoms with Crippen LogP contribution in [0.4, 0.5) is 0 Å². The highest BCUT2D eigenvalue weighted by molar-refractivity contribution is 7.12. The molecule has 144 valence electrons. The Balaban J connectivity index is 1.70. The molecule has 0 saturated carbocycles. The van der Waals surface area contributed by atoms with E-state index >= 15 is 0 Å². The van der Waals surface area contributed by atoms with Gasteiger partial charge in [0.15, 0.2) is 11.9 Å². The van der Waals surface area contributed by atoms with E-state index in [0.717, 1.165) is 0 Å². The summed E-state index contributed by atoms with van der Waals surface area (Å²) in [5, 5.41) is 1.80. The maximum atomic E-state index is 12.0. The fourth-order valence-corrected chi connectivity index (χ4v) is 2.82. The second-order valence-corrected chi connectivity index (χ2v) is 6.55. The Bertz CT molecular complexity index is 759. The molecule has 0 bridgehead atoms. The van der Waals surface area contributed by atoms with Gasteiger partial charge in [-0.25, -0.2) is 0 Å². The molecule has 2 amide bonds. The SMILES string of the molecule is CCOc1ccc(O[C@@H](C)C(=O)NNC(=O)CCC(=O)c2cccs2)cc1.